The summed E-state index contributed by atoms with van der Waals surface area (Å²) in [7, 11) is 0. The minimum Gasteiger partial charge on any atom is -0.440 e. The molecule has 1 saturated heterocycles. The third-order valence-electron chi connectivity index (χ3n) is 2.47. The van der Waals surface area contributed by atoms with E-state index in [1.54, 1.807) is 12.1 Å². The third kappa shape index (κ3) is 2.73. The van der Waals surface area contributed by atoms with Gasteiger partial charge in [0.05, 0.1) is 0 Å². The molecule has 1 fully saturated rings. The lowest BCUT2D eigenvalue weighted by Crippen LogP contribution is -2.36. The smallest absolute Gasteiger partial charge is 0.287 e. The first-order chi connectivity index (χ1) is 7.25. The van der Waals surface area contributed by atoms with Gasteiger partial charge in [0.2, 0.25) is 0 Å². The molecule has 1 amide bonds. The number of carbonyl (C=O) groups is 1. The summed E-state index contributed by atoms with van der Waals surface area (Å²) < 4.78 is 4.99. The van der Waals surface area contributed by atoms with E-state index in [-0.39, 0.29) is 16.9 Å². The average Bonchev–Trinajstić information content (AvgIpc) is 2.84. The van der Waals surface area contributed by atoms with Crippen LogP contribution < -0.4 is 10.6 Å². The van der Waals surface area contributed by atoms with Crippen molar-refractivity contribution in [2.45, 2.75) is 18.9 Å². The maximum absolute atomic E-state index is 11.5. The number of furan rings is 1. The van der Waals surface area contributed by atoms with Gasteiger partial charge in [-0.3, -0.25) is 4.79 Å². The molecule has 0 spiro atoms. The zero-order chi connectivity index (χ0) is 10.7. The van der Waals surface area contributed by atoms with Crippen molar-refractivity contribution in [3.05, 3.63) is 23.1 Å². The number of carbonyl (C=O) groups excluding carboxylic acids is 1. The van der Waals surface area contributed by atoms with Crippen molar-refractivity contribution in [1.82, 2.24) is 10.6 Å². The maximum atomic E-state index is 11.5. The molecular formula is C10H13ClN2O2. The summed E-state index contributed by atoms with van der Waals surface area (Å²) in [6.07, 6.45) is 2.28. The summed E-state index contributed by atoms with van der Waals surface area (Å²) in [5.74, 6) is 0.0496. The average molecular weight is 229 g/mol. The van der Waals surface area contributed by atoms with Gasteiger partial charge in [-0.15, -0.1) is 0 Å². The van der Waals surface area contributed by atoms with Crippen LogP contribution in [0.2, 0.25) is 5.22 Å². The van der Waals surface area contributed by atoms with E-state index in [0.717, 1.165) is 13.0 Å². The van der Waals surface area contributed by atoms with Gasteiger partial charge in [0.25, 0.3) is 5.91 Å². The van der Waals surface area contributed by atoms with Gasteiger partial charge in [-0.25, -0.2) is 0 Å². The zero-order valence-corrected chi connectivity index (χ0v) is 9.01. The monoisotopic (exact) mass is 228 g/mol. The molecule has 1 unspecified atom stereocenters. The first-order valence-corrected chi connectivity index (χ1v) is 5.40. The van der Waals surface area contributed by atoms with E-state index < -0.39 is 0 Å². The Morgan fingerprint density at radius 2 is 2.53 bits per heavy atom. The molecule has 1 atom stereocenters. The van der Waals surface area contributed by atoms with Crippen molar-refractivity contribution in [2.24, 2.45) is 0 Å². The predicted octanol–water partition coefficient (Wildman–Crippen LogP) is 1.41. The first-order valence-electron chi connectivity index (χ1n) is 5.02. The Kier molecular flexibility index (Phi) is 3.28. The lowest BCUT2D eigenvalue weighted by Gasteiger charge is -2.10. The highest BCUT2D eigenvalue weighted by atomic mass is 35.5. The van der Waals surface area contributed by atoms with Crippen LogP contribution in [0.5, 0.6) is 0 Å². The number of rotatable bonds is 3. The fraction of sp³-hybridized carbons (Fsp3) is 0.500. The lowest BCUT2D eigenvalue weighted by atomic mass is 10.2. The molecule has 0 saturated carbocycles. The first kappa shape index (κ1) is 10.5. The number of halogens is 1. The molecule has 5 heteroatoms. The van der Waals surface area contributed by atoms with Crippen molar-refractivity contribution < 1.29 is 9.21 Å². The summed E-state index contributed by atoms with van der Waals surface area (Å²) in [4.78, 5) is 11.5. The number of amides is 1. The molecule has 0 bridgehead atoms. The standard InChI is InChI=1S/C10H13ClN2O2/c11-9-4-3-8(15-9)10(14)13-6-7-2-1-5-12-7/h3-4,7,12H,1-2,5-6H2,(H,13,14). The number of nitrogens with one attached hydrogen (secondary N) is 2. The van der Waals surface area contributed by atoms with Gasteiger partial charge in [-0.2, -0.15) is 0 Å². The normalized spacial score (nSPS) is 20.5. The predicted molar refractivity (Wildman–Crippen MR) is 57.1 cm³/mol. The van der Waals surface area contributed by atoms with Gasteiger partial charge < -0.3 is 15.1 Å². The van der Waals surface area contributed by atoms with Gasteiger partial charge in [0.1, 0.15) is 0 Å². The van der Waals surface area contributed by atoms with Crippen LogP contribution in [-0.4, -0.2) is 25.0 Å². The Hall–Kier alpha value is -1.00. The molecule has 2 N–H and O–H groups in total. The molecule has 1 aromatic heterocycles. The second-order valence-corrected chi connectivity index (χ2v) is 3.98. The highest BCUT2D eigenvalue weighted by Gasteiger charge is 2.16. The summed E-state index contributed by atoms with van der Waals surface area (Å²) in [6, 6.07) is 3.52. The maximum Gasteiger partial charge on any atom is 0.287 e. The molecule has 0 aliphatic carbocycles. The van der Waals surface area contributed by atoms with Crippen LogP contribution in [0, 0.1) is 0 Å². The van der Waals surface area contributed by atoms with E-state index in [4.69, 9.17) is 16.0 Å². The van der Waals surface area contributed by atoms with Crippen molar-refractivity contribution >= 4 is 17.5 Å². The highest BCUT2D eigenvalue weighted by molar-refractivity contribution is 6.29. The summed E-state index contributed by atoms with van der Waals surface area (Å²) in [6.45, 7) is 1.67. The van der Waals surface area contributed by atoms with Crippen LogP contribution in [0.3, 0.4) is 0 Å². The van der Waals surface area contributed by atoms with Crippen molar-refractivity contribution in [1.29, 1.82) is 0 Å². The van der Waals surface area contributed by atoms with E-state index >= 15 is 0 Å². The Bertz CT molecular complexity index is 345. The van der Waals surface area contributed by atoms with Gasteiger partial charge in [0.15, 0.2) is 11.0 Å². The molecule has 0 aromatic carbocycles. The summed E-state index contributed by atoms with van der Waals surface area (Å²) in [5.41, 5.74) is 0. The second kappa shape index (κ2) is 4.68. The van der Waals surface area contributed by atoms with E-state index in [1.165, 1.54) is 6.42 Å². The van der Waals surface area contributed by atoms with Gasteiger partial charge in [-0.1, -0.05) is 0 Å². The van der Waals surface area contributed by atoms with E-state index in [2.05, 4.69) is 10.6 Å². The molecule has 2 heterocycles. The molecule has 1 aliphatic rings. The molecule has 1 aliphatic heterocycles. The Morgan fingerprint density at radius 3 is 3.13 bits per heavy atom. The quantitative estimate of drug-likeness (QED) is 0.823. The van der Waals surface area contributed by atoms with Crippen molar-refractivity contribution in [2.75, 3.05) is 13.1 Å². The van der Waals surface area contributed by atoms with E-state index in [0.29, 0.717) is 12.6 Å². The van der Waals surface area contributed by atoms with Crippen LogP contribution >= 0.6 is 11.6 Å². The van der Waals surface area contributed by atoms with Crippen LogP contribution in [0.4, 0.5) is 0 Å². The highest BCUT2D eigenvalue weighted by Crippen LogP contribution is 2.12. The van der Waals surface area contributed by atoms with E-state index in [9.17, 15) is 4.79 Å². The Morgan fingerprint density at radius 1 is 1.67 bits per heavy atom. The van der Waals surface area contributed by atoms with Crippen molar-refractivity contribution in [3.8, 4) is 0 Å². The Labute approximate surface area is 93.0 Å². The van der Waals surface area contributed by atoms with E-state index in [1.807, 2.05) is 0 Å². The lowest BCUT2D eigenvalue weighted by molar-refractivity contribution is 0.0922. The molecule has 82 valence electrons. The minimum atomic E-state index is -0.212. The van der Waals surface area contributed by atoms with Crippen LogP contribution in [0.15, 0.2) is 16.5 Å². The molecular weight excluding hydrogens is 216 g/mol. The SMILES string of the molecule is O=C(NCC1CCCN1)c1ccc(Cl)o1. The van der Waals surface area contributed by atoms with Gasteiger partial charge in [-0.05, 0) is 43.1 Å². The fourth-order valence-corrected chi connectivity index (χ4v) is 1.82. The van der Waals surface area contributed by atoms with Crippen LogP contribution in [0.25, 0.3) is 0 Å². The summed E-state index contributed by atoms with van der Waals surface area (Å²) >= 11 is 5.57. The molecule has 4 nitrogen and oxygen atoms in total. The number of hydrogen-bond acceptors (Lipinski definition) is 3. The van der Waals surface area contributed by atoms with Crippen LogP contribution in [-0.2, 0) is 0 Å². The summed E-state index contributed by atoms with van der Waals surface area (Å²) in [5, 5.41) is 6.33. The third-order valence-corrected chi connectivity index (χ3v) is 2.67. The molecule has 1 aromatic rings. The molecule has 2 rings (SSSR count). The van der Waals surface area contributed by atoms with Crippen LogP contribution in [0.1, 0.15) is 23.4 Å². The largest absolute Gasteiger partial charge is 0.440 e. The van der Waals surface area contributed by atoms with Gasteiger partial charge >= 0.3 is 0 Å². The van der Waals surface area contributed by atoms with Gasteiger partial charge in [0, 0.05) is 12.6 Å². The molecule has 0 radical (unpaired) electrons. The fourth-order valence-electron chi connectivity index (χ4n) is 1.67. The Balaban J connectivity index is 1.81. The topological polar surface area (TPSA) is 54.3 Å². The minimum absolute atomic E-state index is 0.212. The molecule has 15 heavy (non-hydrogen) atoms. The number of hydrogen-bond donors (Lipinski definition) is 2. The zero-order valence-electron chi connectivity index (χ0n) is 8.25. The second-order valence-electron chi connectivity index (χ2n) is 3.61. The van der Waals surface area contributed by atoms with Crippen molar-refractivity contribution in [3.63, 3.8) is 0 Å².